The van der Waals surface area contributed by atoms with Gasteiger partial charge in [-0.1, -0.05) is 19.1 Å². The Balaban J connectivity index is 1.72. The summed E-state index contributed by atoms with van der Waals surface area (Å²) in [6, 6.07) is 6.69. The van der Waals surface area contributed by atoms with Crippen LogP contribution in [0.5, 0.6) is 5.75 Å². The Morgan fingerprint density at radius 2 is 1.80 bits per heavy atom. The van der Waals surface area contributed by atoms with Crippen molar-refractivity contribution in [3.05, 3.63) is 47.2 Å². The summed E-state index contributed by atoms with van der Waals surface area (Å²) < 4.78 is 5.23. The first kappa shape index (κ1) is 26.0. The number of hydrogen-bond acceptors (Lipinski definition) is 6. The monoisotopic (exact) mass is 482 g/mol. The minimum absolute atomic E-state index is 0.166. The van der Waals surface area contributed by atoms with Crippen molar-refractivity contribution in [1.29, 1.82) is 0 Å². The fourth-order valence-electron chi connectivity index (χ4n) is 4.05. The van der Waals surface area contributed by atoms with E-state index in [0.29, 0.717) is 30.0 Å². The number of likely N-dealkylation sites (tertiary alicyclic amines) is 1. The van der Waals surface area contributed by atoms with Gasteiger partial charge in [-0.25, -0.2) is 9.78 Å². The second-order valence-electron chi connectivity index (χ2n) is 10.2. The van der Waals surface area contributed by atoms with Gasteiger partial charge in [0.05, 0.1) is 17.9 Å². The number of carbonyl (C=O) groups is 3. The van der Waals surface area contributed by atoms with Crippen molar-refractivity contribution in [2.45, 2.75) is 66.0 Å². The lowest BCUT2D eigenvalue weighted by atomic mass is 9.89. The molecule has 3 amide bonds. The number of phenolic OH excluding ortho intramolecular Hbond substituents is 1. The molecule has 0 aliphatic carbocycles. The number of piperidine rings is 1. The van der Waals surface area contributed by atoms with Crippen molar-refractivity contribution in [3.63, 3.8) is 0 Å². The Hall–Kier alpha value is -3.62. The zero-order valence-corrected chi connectivity index (χ0v) is 21.1. The van der Waals surface area contributed by atoms with E-state index in [4.69, 9.17) is 4.74 Å². The number of phenols is 1. The quantitative estimate of drug-likeness (QED) is 0.546. The van der Waals surface area contributed by atoms with Crippen LogP contribution in [0.2, 0.25) is 0 Å². The number of carbonyl (C=O) groups excluding carboxylic acids is 3. The molecule has 1 saturated heterocycles. The number of aromatic hydroxyl groups is 1. The predicted octanol–water partition coefficient (Wildman–Crippen LogP) is 4.69. The van der Waals surface area contributed by atoms with Crippen LogP contribution in [0.3, 0.4) is 0 Å². The molecule has 0 spiro atoms. The highest BCUT2D eigenvalue weighted by molar-refractivity contribution is 6.39. The van der Waals surface area contributed by atoms with Gasteiger partial charge in [0.25, 0.3) is 0 Å². The highest BCUT2D eigenvalue weighted by atomic mass is 16.6. The number of anilines is 2. The normalized spacial score (nSPS) is 18.1. The lowest BCUT2D eigenvalue weighted by Gasteiger charge is -2.38. The summed E-state index contributed by atoms with van der Waals surface area (Å²) in [4.78, 5) is 43.8. The highest BCUT2D eigenvalue weighted by Gasteiger charge is 2.34. The number of ether oxygens (including phenoxy) is 1. The number of nitrogens with zero attached hydrogens (tertiary/aromatic N) is 2. The van der Waals surface area contributed by atoms with E-state index < -0.39 is 23.5 Å². The molecular formula is C26H34N4O5. The molecule has 0 radical (unpaired) electrons. The lowest BCUT2D eigenvalue weighted by molar-refractivity contribution is -0.146. The van der Waals surface area contributed by atoms with Gasteiger partial charge in [0, 0.05) is 6.54 Å². The summed E-state index contributed by atoms with van der Waals surface area (Å²) in [5.74, 6) is -0.693. The van der Waals surface area contributed by atoms with Crippen LogP contribution >= 0.6 is 0 Å². The summed E-state index contributed by atoms with van der Waals surface area (Å²) in [6.07, 6.45) is 2.36. The van der Waals surface area contributed by atoms with Crippen molar-refractivity contribution in [2.75, 3.05) is 17.2 Å². The highest BCUT2D eigenvalue weighted by Crippen LogP contribution is 2.35. The van der Waals surface area contributed by atoms with Crippen LogP contribution < -0.4 is 10.6 Å². The molecule has 188 valence electrons. The van der Waals surface area contributed by atoms with Crippen molar-refractivity contribution in [3.8, 4) is 5.75 Å². The molecule has 2 heterocycles. The van der Waals surface area contributed by atoms with E-state index in [2.05, 4.69) is 15.6 Å². The molecule has 1 aromatic carbocycles. The summed E-state index contributed by atoms with van der Waals surface area (Å²) >= 11 is 0. The van der Waals surface area contributed by atoms with Crippen LogP contribution in [-0.4, -0.2) is 45.0 Å². The van der Waals surface area contributed by atoms with Gasteiger partial charge in [0.1, 0.15) is 17.2 Å². The first-order valence-corrected chi connectivity index (χ1v) is 11.7. The van der Waals surface area contributed by atoms with Crippen LogP contribution in [0.15, 0.2) is 30.5 Å². The Morgan fingerprint density at radius 1 is 1.09 bits per heavy atom. The number of nitrogens with one attached hydrogen (secondary N) is 2. The second-order valence-corrected chi connectivity index (χ2v) is 10.2. The average molecular weight is 483 g/mol. The summed E-state index contributed by atoms with van der Waals surface area (Å²) in [5, 5.41) is 15.3. The van der Waals surface area contributed by atoms with E-state index in [1.165, 1.54) is 6.20 Å². The Morgan fingerprint density at radius 3 is 2.43 bits per heavy atom. The Kier molecular flexibility index (Phi) is 7.67. The molecule has 3 N–H and O–H groups in total. The van der Waals surface area contributed by atoms with E-state index in [-0.39, 0.29) is 17.7 Å². The number of rotatable bonds is 3. The maximum Gasteiger partial charge on any atom is 0.413 e. The number of amides is 3. The van der Waals surface area contributed by atoms with Crippen LogP contribution in [0.4, 0.5) is 16.3 Å². The maximum absolute atomic E-state index is 13.2. The van der Waals surface area contributed by atoms with Crippen LogP contribution in [0, 0.1) is 19.8 Å². The van der Waals surface area contributed by atoms with Gasteiger partial charge in [0.15, 0.2) is 0 Å². The fraction of sp³-hybridized carbons (Fsp3) is 0.462. The first-order valence-electron chi connectivity index (χ1n) is 11.7. The number of hydrogen-bond donors (Lipinski definition) is 3. The standard InChI is InChI=1S/C26H34N4O5/c1-15-7-10-20(18-9-8-16(2)21(31)12-18)30(14-15)24(33)23(32)28-19-11-17(3)22(27-13-19)29-25(34)35-26(4,5)6/h8-9,11-13,15,20,31H,7,10,14H2,1-6H3,(H,28,32)(H,27,29,34)/t15-,20+/m0/s1. The topological polar surface area (TPSA) is 121 Å². The molecule has 1 aromatic heterocycles. The third-order valence-electron chi connectivity index (χ3n) is 5.85. The third kappa shape index (κ3) is 6.71. The zero-order chi connectivity index (χ0) is 25.9. The number of pyridine rings is 1. The van der Waals surface area contributed by atoms with E-state index in [0.717, 1.165) is 17.5 Å². The van der Waals surface area contributed by atoms with Gasteiger partial charge >= 0.3 is 17.9 Å². The molecule has 2 aromatic rings. The molecular weight excluding hydrogens is 448 g/mol. The predicted molar refractivity (Wildman–Crippen MR) is 133 cm³/mol. The van der Waals surface area contributed by atoms with Gasteiger partial charge in [-0.2, -0.15) is 0 Å². The molecule has 9 heteroatoms. The molecule has 1 aliphatic heterocycles. The van der Waals surface area contributed by atoms with Crippen LogP contribution in [-0.2, 0) is 14.3 Å². The Labute approximate surface area is 205 Å². The number of benzene rings is 1. The number of aromatic nitrogens is 1. The average Bonchev–Trinajstić information content (AvgIpc) is 2.75. The molecule has 1 fully saturated rings. The second kappa shape index (κ2) is 10.3. The van der Waals surface area contributed by atoms with Crippen molar-refractivity contribution in [2.24, 2.45) is 5.92 Å². The minimum atomic E-state index is -0.769. The fourth-order valence-corrected chi connectivity index (χ4v) is 4.05. The van der Waals surface area contributed by atoms with E-state index in [9.17, 15) is 19.5 Å². The molecule has 9 nitrogen and oxygen atoms in total. The molecule has 0 bridgehead atoms. The van der Waals surface area contributed by atoms with Gasteiger partial charge in [-0.15, -0.1) is 0 Å². The van der Waals surface area contributed by atoms with Crippen molar-refractivity contribution in [1.82, 2.24) is 9.88 Å². The first-order chi connectivity index (χ1) is 16.3. The summed E-state index contributed by atoms with van der Waals surface area (Å²) in [6.45, 7) is 11.3. The van der Waals surface area contributed by atoms with Crippen molar-refractivity contribution < 1.29 is 24.2 Å². The van der Waals surface area contributed by atoms with E-state index >= 15 is 0 Å². The smallest absolute Gasteiger partial charge is 0.413 e. The molecule has 1 aliphatic rings. The Bertz CT molecular complexity index is 1130. The van der Waals surface area contributed by atoms with E-state index in [1.54, 1.807) is 44.7 Å². The lowest BCUT2D eigenvalue weighted by Crippen LogP contribution is -2.46. The van der Waals surface area contributed by atoms with E-state index in [1.807, 2.05) is 26.0 Å². The maximum atomic E-state index is 13.2. The van der Waals surface area contributed by atoms with Gasteiger partial charge in [-0.3, -0.25) is 14.9 Å². The largest absolute Gasteiger partial charge is 0.508 e. The molecule has 0 saturated carbocycles. The molecule has 3 rings (SSSR count). The summed E-state index contributed by atoms with van der Waals surface area (Å²) in [7, 11) is 0. The molecule has 0 unspecified atom stereocenters. The van der Waals surface area contributed by atoms with Gasteiger partial charge in [0.2, 0.25) is 0 Å². The van der Waals surface area contributed by atoms with Gasteiger partial charge in [-0.05, 0) is 82.2 Å². The van der Waals surface area contributed by atoms with Crippen molar-refractivity contribution >= 4 is 29.4 Å². The molecule has 2 atom stereocenters. The summed E-state index contributed by atoms with van der Waals surface area (Å²) in [5.41, 5.74) is 1.84. The zero-order valence-electron chi connectivity index (χ0n) is 21.1. The molecule has 35 heavy (non-hydrogen) atoms. The van der Waals surface area contributed by atoms with Crippen LogP contribution in [0.1, 0.15) is 63.3 Å². The van der Waals surface area contributed by atoms with Crippen LogP contribution in [0.25, 0.3) is 0 Å². The number of aryl methyl sites for hydroxylation is 2. The SMILES string of the molecule is Cc1ccc([C@H]2CC[C@H](C)CN2C(=O)C(=O)Nc2cnc(NC(=O)OC(C)(C)C)c(C)c2)cc1O. The third-order valence-corrected chi connectivity index (χ3v) is 5.85. The minimum Gasteiger partial charge on any atom is -0.508 e. The van der Waals surface area contributed by atoms with Gasteiger partial charge < -0.3 is 20.1 Å².